The third-order valence-electron chi connectivity index (χ3n) is 3.47. The van der Waals surface area contributed by atoms with E-state index in [9.17, 15) is 13.9 Å². The SMILES string of the molecule is OCc1cn(Cc2cccc(F)c2F)c2cc(Cl)ccc12. The summed E-state index contributed by atoms with van der Waals surface area (Å²) in [4.78, 5) is 0. The fourth-order valence-corrected chi connectivity index (χ4v) is 2.62. The van der Waals surface area contributed by atoms with Crippen LogP contribution in [-0.2, 0) is 13.2 Å². The fourth-order valence-electron chi connectivity index (χ4n) is 2.45. The zero-order valence-corrected chi connectivity index (χ0v) is 11.7. The van der Waals surface area contributed by atoms with E-state index < -0.39 is 11.6 Å². The Morgan fingerprint density at radius 1 is 1.10 bits per heavy atom. The number of aliphatic hydroxyl groups excluding tert-OH is 1. The number of aromatic nitrogens is 1. The van der Waals surface area contributed by atoms with Gasteiger partial charge in [-0.2, -0.15) is 0 Å². The summed E-state index contributed by atoms with van der Waals surface area (Å²) in [5.74, 6) is -1.73. The summed E-state index contributed by atoms with van der Waals surface area (Å²) in [6.07, 6.45) is 1.73. The van der Waals surface area contributed by atoms with Gasteiger partial charge in [0.25, 0.3) is 0 Å². The van der Waals surface area contributed by atoms with Crippen LogP contribution in [0, 0.1) is 11.6 Å². The van der Waals surface area contributed by atoms with Crippen LogP contribution in [-0.4, -0.2) is 9.67 Å². The lowest BCUT2D eigenvalue weighted by Crippen LogP contribution is -2.02. The van der Waals surface area contributed by atoms with Gasteiger partial charge in [0.15, 0.2) is 11.6 Å². The molecule has 1 aromatic heterocycles. The maximum atomic E-state index is 13.8. The lowest BCUT2D eigenvalue weighted by atomic mass is 10.2. The smallest absolute Gasteiger partial charge is 0.163 e. The van der Waals surface area contributed by atoms with Crippen LogP contribution in [0.3, 0.4) is 0 Å². The molecular weight excluding hydrogens is 296 g/mol. The van der Waals surface area contributed by atoms with E-state index in [4.69, 9.17) is 11.6 Å². The second-order valence-electron chi connectivity index (χ2n) is 4.81. The first-order valence-electron chi connectivity index (χ1n) is 6.41. The molecule has 0 aliphatic rings. The van der Waals surface area contributed by atoms with Crippen molar-refractivity contribution in [1.29, 1.82) is 0 Å². The third kappa shape index (κ3) is 2.52. The van der Waals surface area contributed by atoms with Crippen molar-refractivity contribution in [3.8, 4) is 0 Å². The number of rotatable bonds is 3. The Balaban J connectivity index is 2.12. The number of hydrogen-bond acceptors (Lipinski definition) is 1. The standard InChI is InChI=1S/C16H12ClF2NO/c17-12-4-5-13-11(9-21)8-20(15(13)6-12)7-10-2-1-3-14(18)16(10)19/h1-6,8,21H,7,9H2. The van der Waals surface area contributed by atoms with E-state index in [1.165, 1.54) is 12.1 Å². The predicted octanol–water partition coefficient (Wildman–Crippen LogP) is 4.11. The van der Waals surface area contributed by atoms with Gasteiger partial charge in [-0.3, -0.25) is 0 Å². The van der Waals surface area contributed by atoms with E-state index in [0.29, 0.717) is 5.02 Å². The lowest BCUT2D eigenvalue weighted by Gasteiger charge is -2.07. The molecule has 1 N–H and O–H groups in total. The molecule has 21 heavy (non-hydrogen) atoms. The number of halogens is 3. The molecule has 0 saturated carbocycles. The summed E-state index contributed by atoms with van der Waals surface area (Å²) >= 11 is 5.99. The average Bonchev–Trinajstić information content (AvgIpc) is 2.81. The first kappa shape index (κ1) is 14.0. The molecule has 0 fully saturated rings. The molecule has 1 heterocycles. The van der Waals surface area contributed by atoms with Crippen LogP contribution in [0.4, 0.5) is 8.78 Å². The van der Waals surface area contributed by atoms with E-state index in [0.717, 1.165) is 22.5 Å². The van der Waals surface area contributed by atoms with Crippen molar-refractivity contribution < 1.29 is 13.9 Å². The highest BCUT2D eigenvalue weighted by Gasteiger charge is 2.12. The molecule has 0 spiro atoms. The quantitative estimate of drug-likeness (QED) is 0.774. The van der Waals surface area contributed by atoms with Crippen LogP contribution < -0.4 is 0 Å². The summed E-state index contributed by atoms with van der Waals surface area (Å²) in [6.45, 7) is 0.0389. The Kier molecular flexibility index (Phi) is 3.66. The Labute approximate surface area is 125 Å². The van der Waals surface area contributed by atoms with Gasteiger partial charge in [-0.25, -0.2) is 8.78 Å². The van der Waals surface area contributed by atoms with Crippen molar-refractivity contribution in [3.05, 3.63) is 70.4 Å². The van der Waals surface area contributed by atoms with Crippen molar-refractivity contribution in [3.63, 3.8) is 0 Å². The number of nitrogens with zero attached hydrogens (tertiary/aromatic N) is 1. The highest BCUT2D eigenvalue weighted by atomic mass is 35.5. The lowest BCUT2D eigenvalue weighted by molar-refractivity contribution is 0.283. The Bertz CT molecular complexity index is 813. The second kappa shape index (κ2) is 5.47. The minimum absolute atomic E-state index is 0.128. The van der Waals surface area contributed by atoms with Crippen LogP contribution in [0.5, 0.6) is 0 Å². The molecule has 5 heteroatoms. The minimum atomic E-state index is -0.871. The Morgan fingerprint density at radius 3 is 2.67 bits per heavy atom. The van der Waals surface area contributed by atoms with Gasteiger partial charge >= 0.3 is 0 Å². The molecule has 3 aromatic rings. The van der Waals surface area contributed by atoms with Gasteiger partial charge in [-0.1, -0.05) is 29.8 Å². The van der Waals surface area contributed by atoms with Crippen LogP contribution in [0.25, 0.3) is 10.9 Å². The number of fused-ring (bicyclic) bond motifs is 1. The van der Waals surface area contributed by atoms with Crippen molar-refractivity contribution in [2.75, 3.05) is 0 Å². The number of benzene rings is 2. The molecule has 108 valence electrons. The molecule has 0 atom stereocenters. The summed E-state index contributed by atoms with van der Waals surface area (Å²) in [5.41, 5.74) is 1.74. The zero-order chi connectivity index (χ0) is 15.0. The van der Waals surface area contributed by atoms with Gasteiger partial charge in [0.1, 0.15) is 0 Å². The summed E-state index contributed by atoms with van der Waals surface area (Å²) < 4.78 is 28.8. The molecule has 0 amide bonds. The number of hydrogen-bond donors (Lipinski definition) is 1. The van der Waals surface area contributed by atoms with E-state index in [1.807, 2.05) is 6.07 Å². The average molecular weight is 308 g/mol. The van der Waals surface area contributed by atoms with Crippen LogP contribution in [0.1, 0.15) is 11.1 Å². The van der Waals surface area contributed by atoms with Crippen molar-refractivity contribution in [1.82, 2.24) is 4.57 Å². The van der Waals surface area contributed by atoms with E-state index in [2.05, 4.69) is 0 Å². The maximum absolute atomic E-state index is 13.8. The van der Waals surface area contributed by atoms with Gasteiger partial charge < -0.3 is 9.67 Å². The summed E-state index contributed by atoms with van der Waals surface area (Å²) in [7, 11) is 0. The summed E-state index contributed by atoms with van der Waals surface area (Å²) in [5, 5.41) is 10.8. The third-order valence-corrected chi connectivity index (χ3v) is 3.70. The molecule has 0 saturated heterocycles. The first-order valence-corrected chi connectivity index (χ1v) is 6.79. The maximum Gasteiger partial charge on any atom is 0.163 e. The molecule has 2 nitrogen and oxygen atoms in total. The Hall–Kier alpha value is -1.91. The topological polar surface area (TPSA) is 25.2 Å². The number of aliphatic hydroxyl groups is 1. The van der Waals surface area contributed by atoms with Gasteiger partial charge in [0, 0.05) is 27.7 Å². The van der Waals surface area contributed by atoms with Gasteiger partial charge in [-0.15, -0.1) is 0 Å². The van der Waals surface area contributed by atoms with Gasteiger partial charge in [-0.05, 0) is 18.2 Å². The minimum Gasteiger partial charge on any atom is -0.392 e. The van der Waals surface area contributed by atoms with Gasteiger partial charge in [0.05, 0.1) is 18.7 Å². The van der Waals surface area contributed by atoms with Crippen molar-refractivity contribution in [2.45, 2.75) is 13.2 Å². The van der Waals surface area contributed by atoms with Crippen LogP contribution in [0.15, 0.2) is 42.6 Å². The van der Waals surface area contributed by atoms with Gasteiger partial charge in [0.2, 0.25) is 0 Å². The zero-order valence-electron chi connectivity index (χ0n) is 11.0. The molecule has 0 aliphatic carbocycles. The van der Waals surface area contributed by atoms with Crippen molar-refractivity contribution >= 4 is 22.5 Å². The fraction of sp³-hybridized carbons (Fsp3) is 0.125. The molecular formula is C16H12ClF2NO. The normalized spacial score (nSPS) is 11.2. The van der Waals surface area contributed by atoms with E-state index >= 15 is 0 Å². The monoisotopic (exact) mass is 307 g/mol. The summed E-state index contributed by atoms with van der Waals surface area (Å²) in [6, 6.07) is 9.38. The molecule has 0 bridgehead atoms. The Morgan fingerprint density at radius 2 is 1.90 bits per heavy atom. The second-order valence-corrected chi connectivity index (χ2v) is 5.25. The first-order chi connectivity index (χ1) is 10.1. The molecule has 3 rings (SSSR count). The highest BCUT2D eigenvalue weighted by Crippen LogP contribution is 2.26. The van der Waals surface area contributed by atoms with Crippen LogP contribution >= 0.6 is 11.6 Å². The molecule has 2 aromatic carbocycles. The van der Waals surface area contributed by atoms with E-state index in [1.54, 1.807) is 22.9 Å². The van der Waals surface area contributed by atoms with Crippen LogP contribution in [0.2, 0.25) is 5.02 Å². The molecule has 0 radical (unpaired) electrons. The predicted molar refractivity (Wildman–Crippen MR) is 78.3 cm³/mol. The van der Waals surface area contributed by atoms with Crippen molar-refractivity contribution in [2.24, 2.45) is 0 Å². The van der Waals surface area contributed by atoms with E-state index in [-0.39, 0.29) is 18.7 Å². The highest BCUT2D eigenvalue weighted by molar-refractivity contribution is 6.31. The largest absolute Gasteiger partial charge is 0.392 e. The molecule has 0 unspecified atom stereocenters. The molecule has 0 aliphatic heterocycles.